The molecule has 0 radical (unpaired) electrons. The lowest BCUT2D eigenvalue weighted by molar-refractivity contribution is -0.159. The van der Waals surface area contributed by atoms with Gasteiger partial charge in [0, 0.05) is 19.4 Å². The SMILES string of the molecule is O=C1CC2(CCCC2)CC(=O)N1CC1(C(=O)O)CCCC1. The molecule has 5 nitrogen and oxygen atoms in total. The molecule has 21 heavy (non-hydrogen) atoms. The summed E-state index contributed by atoms with van der Waals surface area (Å²) in [5.41, 5.74) is -1.01. The largest absolute Gasteiger partial charge is 0.481 e. The van der Waals surface area contributed by atoms with Crippen molar-refractivity contribution >= 4 is 17.8 Å². The maximum Gasteiger partial charge on any atom is 0.311 e. The van der Waals surface area contributed by atoms with Crippen LogP contribution in [0.25, 0.3) is 0 Å². The van der Waals surface area contributed by atoms with Crippen LogP contribution in [0.5, 0.6) is 0 Å². The molecular formula is C16H23NO4. The summed E-state index contributed by atoms with van der Waals surface area (Å²) in [5.74, 6) is -1.16. The fraction of sp³-hybridized carbons (Fsp3) is 0.812. The van der Waals surface area contributed by atoms with Crippen LogP contribution in [-0.2, 0) is 14.4 Å². The van der Waals surface area contributed by atoms with E-state index in [4.69, 9.17) is 0 Å². The maximum absolute atomic E-state index is 12.4. The number of imide groups is 1. The second-order valence-electron chi connectivity index (χ2n) is 7.23. The topological polar surface area (TPSA) is 74.7 Å². The molecule has 1 heterocycles. The molecule has 116 valence electrons. The van der Waals surface area contributed by atoms with Crippen LogP contribution >= 0.6 is 0 Å². The molecule has 0 bridgehead atoms. The Kier molecular flexibility index (Phi) is 3.54. The number of amides is 2. The molecule has 3 rings (SSSR count). The van der Waals surface area contributed by atoms with E-state index in [0.29, 0.717) is 25.7 Å². The lowest BCUT2D eigenvalue weighted by Crippen LogP contribution is -2.52. The molecule has 2 amide bonds. The third-order valence-electron chi connectivity index (χ3n) is 5.79. The Morgan fingerprint density at radius 3 is 1.90 bits per heavy atom. The summed E-state index contributed by atoms with van der Waals surface area (Å²) >= 11 is 0. The van der Waals surface area contributed by atoms with Gasteiger partial charge in [0.05, 0.1) is 5.41 Å². The number of hydrogen-bond donors (Lipinski definition) is 1. The first-order chi connectivity index (χ1) is 9.96. The van der Waals surface area contributed by atoms with Gasteiger partial charge in [-0.15, -0.1) is 0 Å². The third kappa shape index (κ3) is 2.47. The first-order valence-electron chi connectivity index (χ1n) is 8.03. The van der Waals surface area contributed by atoms with Gasteiger partial charge < -0.3 is 5.11 Å². The zero-order valence-corrected chi connectivity index (χ0v) is 12.4. The van der Waals surface area contributed by atoms with Crippen molar-refractivity contribution in [2.45, 2.75) is 64.2 Å². The lowest BCUT2D eigenvalue weighted by Gasteiger charge is -2.40. The Hall–Kier alpha value is -1.39. The van der Waals surface area contributed by atoms with Crippen LogP contribution in [-0.4, -0.2) is 34.3 Å². The van der Waals surface area contributed by atoms with Gasteiger partial charge in [-0.25, -0.2) is 0 Å². The Morgan fingerprint density at radius 1 is 0.952 bits per heavy atom. The average molecular weight is 293 g/mol. The normalized spacial score (nSPS) is 27.5. The standard InChI is InChI=1S/C16H23NO4/c18-12-9-15(5-1-2-6-15)10-13(19)17(12)11-16(14(20)21)7-3-4-8-16/h1-11H2,(H,20,21). The number of piperidine rings is 1. The highest BCUT2D eigenvalue weighted by Crippen LogP contribution is 2.48. The number of carboxylic acid groups (broad SMARTS) is 1. The van der Waals surface area contributed by atoms with E-state index in [0.717, 1.165) is 38.5 Å². The van der Waals surface area contributed by atoms with Crippen molar-refractivity contribution in [2.24, 2.45) is 10.8 Å². The second kappa shape index (κ2) is 5.11. The van der Waals surface area contributed by atoms with Gasteiger partial charge in [0.15, 0.2) is 0 Å². The Balaban J connectivity index is 1.75. The predicted octanol–water partition coefficient (Wildman–Crippen LogP) is 2.34. The minimum absolute atomic E-state index is 0.0794. The van der Waals surface area contributed by atoms with Crippen molar-refractivity contribution in [2.75, 3.05) is 6.54 Å². The molecule has 2 saturated carbocycles. The van der Waals surface area contributed by atoms with Crippen LogP contribution in [0.15, 0.2) is 0 Å². The Bertz CT molecular complexity index is 453. The van der Waals surface area contributed by atoms with Gasteiger partial charge >= 0.3 is 5.97 Å². The van der Waals surface area contributed by atoms with E-state index in [1.807, 2.05) is 0 Å². The Morgan fingerprint density at radius 2 is 1.43 bits per heavy atom. The number of likely N-dealkylation sites (tertiary alicyclic amines) is 1. The molecule has 0 atom stereocenters. The summed E-state index contributed by atoms with van der Waals surface area (Å²) in [5, 5.41) is 9.52. The summed E-state index contributed by atoms with van der Waals surface area (Å²) < 4.78 is 0. The van der Waals surface area contributed by atoms with E-state index in [1.165, 1.54) is 4.90 Å². The van der Waals surface area contributed by atoms with E-state index in [2.05, 4.69) is 0 Å². The number of nitrogens with zero attached hydrogens (tertiary/aromatic N) is 1. The predicted molar refractivity (Wildman–Crippen MR) is 75.4 cm³/mol. The van der Waals surface area contributed by atoms with Crippen molar-refractivity contribution < 1.29 is 19.5 Å². The highest BCUT2D eigenvalue weighted by atomic mass is 16.4. The van der Waals surface area contributed by atoms with Crippen LogP contribution in [0, 0.1) is 10.8 Å². The van der Waals surface area contributed by atoms with Gasteiger partial charge in [-0.2, -0.15) is 0 Å². The minimum Gasteiger partial charge on any atom is -0.481 e. The summed E-state index contributed by atoms with van der Waals surface area (Å²) in [6.45, 7) is 0.0794. The van der Waals surface area contributed by atoms with Crippen LogP contribution in [0.3, 0.4) is 0 Å². The summed E-state index contributed by atoms with van der Waals surface area (Å²) in [6.07, 6.45) is 7.85. The molecule has 0 aromatic carbocycles. The number of carboxylic acids is 1. The van der Waals surface area contributed by atoms with E-state index in [9.17, 15) is 19.5 Å². The fourth-order valence-corrected chi connectivity index (χ4v) is 4.48. The molecule has 3 fully saturated rings. The average Bonchev–Trinajstić information content (AvgIpc) is 3.04. The monoisotopic (exact) mass is 293 g/mol. The van der Waals surface area contributed by atoms with E-state index in [1.54, 1.807) is 0 Å². The first-order valence-corrected chi connectivity index (χ1v) is 8.03. The van der Waals surface area contributed by atoms with Crippen LogP contribution in [0.1, 0.15) is 64.2 Å². The van der Waals surface area contributed by atoms with Gasteiger partial charge in [0.2, 0.25) is 11.8 Å². The molecule has 1 saturated heterocycles. The van der Waals surface area contributed by atoms with Crippen molar-refractivity contribution in [3.8, 4) is 0 Å². The molecule has 3 aliphatic rings. The third-order valence-corrected chi connectivity index (χ3v) is 5.79. The van der Waals surface area contributed by atoms with Gasteiger partial charge in [0.25, 0.3) is 0 Å². The van der Waals surface area contributed by atoms with E-state index >= 15 is 0 Å². The number of aliphatic carboxylic acids is 1. The van der Waals surface area contributed by atoms with Crippen LogP contribution in [0.2, 0.25) is 0 Å². The summed E-state index contributed by atoms with van der Waals surface area (Å²) in [4.78, 5) is 37.7. The van der Waals surface area contributed by atoms with Crippen molar-refractivity contribution in [3.63, 3.8) is 0 Å². The van der Waals surface area contributed by atoms with Crippen LogP contribution < -0.4 is 0 Å². The molecule has 0 aromatic rings. The second-order valence-corrected chi connectivity index (χ2v) is 7.23. The molecule has 0 unspecified atom stereocenters. The Labute approximate surface area is 124 Å². The van der Waals surface area contributed by atoms with Crippen molar-refractivity contribution in [1.29, 1.82) is 0 Å². The zero-order chi connectivity index (χ0) is 15.1. The first kappa shape index (κ1) is 14.5. The summed E-state index contributed by atoms with van der Waals surface area (Å²) in [6, 6.07) is 0. The lowest BCUT2D eigenvalue weighted by atomic mass is 9.75. The summed E-state index contributed by atoms with van der Waals surface area (Å²) in [7, 11) is 0. The number of carbonyl (C=O) groups excluding carboxylic acids is 2. The van der Waals surface area contributed by atoms with Gasteiger partial charge in [0.1, 0.15) is 0 Å². The van der Waals surface area contributed by atoms with E-state index in [-0.39, 0.29) is 23.8 Å². The quantitative estimate of drug-likeness (QED) is 0.810. The smallest absolute Gasteiger partial charge is 0.311 e. The van der Waals surface area contributed by atoms with Gasteiger partial charge in [-0.3, -0.25) is 19.3 Å². The van der Waals surface area contributed by atoms with Crippen molar-refractivity contribution in [1.82, 2.24) is 4.90 Å². The number of carbonyl (C=O) groups is 3. The molecule has 1 aliphatic heterocycles. The van der Waals surface area contributed by atoms with E-state index < -0.39 is 11.4 Å². The fourth-order valence-electron chi connectivity index (χ4n) is 4.48. The minimum atomic E-state index is -0.897. The molecule has 1 spiro atoms. The zero-order valence-electron chi connectivity index (χ0n) is 12.4. The maximum atomic E-state index is 12.4. The highest BCUT2D eigenvalue weighted by molar-refractivity contribution is 5.99. The highest BCUT2D eigenvalue weighted by Gasteiger charge is 2.49. The number of rotatable bonds is 3. The molecule has 2 aliphatic carbocycles. The molecule has 5 heteroatoms. The number of hydrogen-bond acceptors (Lipinski definition) is 3. The van der Waals surface area contributed by atoms with Crippen molar-refractivity contribution in [3.05, 3.63) is 0 Å². The van der Waals surface area contributed by atoms with Crippen LogP contribution in [0.4, 0.5) is 0 Å². The van der Waals surface area contributed by atoms with Gasteiger partial charge in [-0.05, 0) is 31.1 Å². The molecule has 0 aromatic heterocycles. The van der Waals surface area contributed by atoms with Gasteiger partial charge in [-0.1, -0.05) is 25.7 Å². The molecule has 1 N–H and O–H groups in total. The molecular weight excluding hydrogens is 270 g/mol.